The Bertz CT molecular complexity index is 466. The van der Waals surface area contributed by atoms with Crippen molar-refractivity contribution in [1.29, 1.82) is 0 Å². The van der Waals surface area contributed by atoms with E-state index in [0.717, 1.165) is 3.57 Å². The molecule has 0 fully saturated rings. The third kappa shape index (κ3) is 2.91. The maximum absolute atomic E-state index is 4.23. The maximum atomic E-state index is 4.23. The molecule has 84 valence electrons. The van der Waals surface area contributed by atoms with Crippen LogP contribution < -0.4 is 5.32 Å². The van der Waals surface area contributed by atoms with Gasteiger partial charge in [0.15, 0.2) is 0 Å². The summed E-state index contributed by atoms with van der Waals surface area (Å²) in [4.78, 5) is 11.1. The molecule has 2 aromatic heterocycles. The molecule has 0 bridgehead atoms. The number of hydrogen-bond donors (Lipinski definition) is 1. The summed E-state index contributed by atoms with van der Waals surface area (Å²) in [5, 5.41) is 3.28. The predicted molar refractivity (Wildman–Crippen MR) is 75.8 cm³/mol. The molecule has 0 aromatic carbocycles. The van der Waals surface area contributed by atoms with E-state index in [-0.39, 0.29) is 6.04 Å². The SMILES string of the molecule is Cc1ccc(C(C)Nc2ncc(I)cn2)s1. The largest absolute Gasteiger partial charge is 0.347 e. The molecular weight excluding hydrogens is 333 g/mol. The molecule has 1 atom stereocenters. The van der Waals surface area contributed by atoms with Crippen LogP contribution in [0.3, 0.4) is 0 Å². The average molecular weight is 345 g/mol. The monoisotopic (exact) mass is 345 g/mol. The molecule has 0 aliphatic rings. The summed E-state index contributed by atoms with van der Waals surface area (Å²) in [5.74, 6) is 0.680. The second kappa shape index (κ2) is 5.09. The van der Waals surface area contributed by atoms with E-state index in [1.165, 1.54) is 9.75 Å². The highest BCUT2D eigenvalue weighted by Gasteiger charge is 2.08. The number of halogens is 1. The fourth-order valence-corrected chi connectivity index (χ4v) is 2.50. The first-order chi connectivity index (χ1) is 7.65. The quantitative estimate of drug-likeness (QED) is 0.864. The van der Waals surface area contributed by atoms with Crippen LogP contribution >= 0.6 is 33.9 Å². The first-order valence-corrected chi connectivity index (χ1v) is 6.85. The van der Waals surface area contributed by atoms with E-state index in [1.807, 2.05) is 12.4 Å². The van der Waals surface area contributed by atoms with Gasteiger partial charge >= 0.3 is 0 Å². The van der Waals surface area contributed by atoms with Gasteiger partial charge in [0.2, 0.25) is 5.95 Å². The van der Waals surface area contributed by atoms with Gasteiger partial charge in [-0.05, 0) is 48.6 Å². The van der Waals surface area contributed by atoms with Crippen molar-refractivity contribution in [3.05, 3.63) is 37.9 Å². The summed E-state index contributed by atoms with van der Waals surface area (Å²) >= 11 is 3.99. The minimum Gasteiger partial charge on any atom is -0.347 e. The normalized spacial score (nSPS) is 12.4. The van der Waals surface area contributed by atoms with E-state index in [1.54, 1.807) is 11.3 Å². The van der Waals surface area contributed by atoms with Crippen LogP contribution in [-0.2, 0) is 0 Å². The number of thiophene rings is 1. The number of anilines is 1. The second-order valence-electron chi connectivity index (χ2n) is 3.54. The van der Waals surface area contributed by atoms with Crippen molar-refractivity contribution in [2.45, 2.75) is 19.9 Å². The van der Waals surface area contributed by atoms with Crippen molar-refractivity contribution in [1.82, 2.24) is 9.97 Å². The first-order valence-electron chi connectivity index (χ1n) is 4.95. The summed E-state index contributed by atoms with van der Waals surface area (Å²) in [6.45, 7) is 4.23. The number of aryl methyl sites for hydroxylation is 1. The highest BCUT2D eigenvalue weighted by atomic mass is 127. The summed E-state index contributed by atoms with van der Waals surface area (Å²) in [6.07, 6.45) is 3.62. The smallest absolute Gasteiger partial charge is 0.223 e. The van der Waals surface area contributed by atoms with Gasteiger partial charge in [-0.1, -0.05) is 0 Å². The van der Waals surface area contributed by atoms with Gasteiger partial charge in [-0.15, -0.1) is 11.3 Å². The molecule has 0 saturated heterocycles. The van der Waals surface area contributed by atoms with Crippen LogP contribution in [0.5, 0.6) is 0 Å². The Morgan fingerprint density at radius 3 is 2.56 bits per heavy atom. The van der Waals surface area contributed by atoms with Crippen LogP contribution in [0.4, 0.5) is 5.95 Å². The lowest BCUT2D eigenvalue weighted by molar-refractivity contribution is 0.879. The van der Waals surface area contributed by atoms with Gasteiger partial charge in [0.1, 0.15) is 0 Å². The maximum Gasteiger partial charge on any atom is 0.223 e. The van der Waals surface area contributed by atoms with Crippen LogP contribution in [0, 0.1) is 10.5 Å². The number of aromatic nitrogens is 2. The van der Waals surface area contributed by atoms with Crippen LogP contribution in [0.1, 0.15) is 22.7 Å². The van der Waals surface area contributed by atoms with Gasteiger partial charge in [0.05, 0.1) is 6.04 Å². The molecule has 0 amide bonds. The Morgan fingerprint density at radius 2 is 2.00 bits per heavy atom. The lowest BCUT2D eigenvalue weighted by atomic mass is 10.3. The van der Waals surface area contributed by atoms with Crippen molar-refractivity contribution < 1.29 is 0 Å². The lowest BCUT2D eigenvalue weighted by Crippen LogP contribution is -2.07. The molecule has 16 heavy (non-hydrogen) atoms. The minimum absolute atomic E-state index is 0.249. The molecule has 2 rings (SSSR count). The van der Waals surface area contributed by atoms with Crippen LogP contribution in [0.15, 0.2) is 24.5 Å². The second-order valence-corrected chi connectivity index (χ2v) is 6.10. The van der Waals surface area contributed by atoms with Gasteiger partial charge in [-0.2, -0.15) is 0 Å². The lowest BCUT2D eigenvalue weighted by Gasteiger charge is -2.11. The number of nitrogens with one attached hydrogen (secondary N) is 1. The topological polar surface area (TPSA) is 37.8 Å². The molecule has 1 unspecified atom stereocenters. The molecule has 5 heteroatoms. The Balaban J connectivity index is 2.07. The molecule has 0 spiro atoms. The molecule has 2 aromatic rings. The van der Waals surface area contributed by atoms with E-state index in [0.29, 0.717) is 5.95 Å². The third-order valence-electron chi connectivity index (χ3n) is 2.15. The van der Waals surface area contributed by atoms with Crippen LogP contribution in [0.2, 0.25) is 0 Å². The predicted octanol–water partition coefficient (Wildman–Crippen LogP) is 3.62. The third-order valence-corrected chi connectivity index (χ3v) is 3.89. The van der Waals surface area contributed by atoms with Gasteiger partial charge in [0, 0.05) is 25.7 Å². The van der Waals surface area contributed by atoms with Gasteiger partial charge in [-0.3, -0.25) is 0 Å². The van der Waals surface area contributed by atoms with E-state index >= 15 is 0 Å². The summed E-state index contributed by atoms with van der Waals surface area (Å²) in [6, 6.07) is 4.52. The van der Waals surface area contributed by atoms with E-state index < -0.39 is 0 Å². The number of nitrogens with zero attached hydrogens (tertiary/aromatic N) is 2. The average Bonchev–Trinajstić information content (AvgIpc) is 2.68. The summed E-state index contributed by atoms with van der Waals surface area (Å²) in [7, 11) is 0. The fraction of sp³-hybridized carbons (Fsp3) is 0.273. The van der Waals surface area contributed by atoms with Crippen LogP contribution in [-0.4, -0.2) is 9.97 Å². The minimum atomic E-state index is 0.249. The van der Waals surface area contributed by atoms with Crippen molar-refractivity contribution in [2.75, 3.05) is 5.32 Å². The Morgan fingerprint density at radius 1 is 1.31 bits per heavy atom. The van der Waals surface area contributed by atoms with Crippen LogP contribution in [0.25, 0.3) is 0 Å². The Hall–Kier alpha value is -0.690. The zero-order chi connectivity index (χ0) is 11.5. The molecular formula is C11H12IN3S. The number of rotatable bonds is 3. The van der Waals surface area contributed by atoms with E-state index in [9.17, 15) is 0 Å². The van der Waals surface area contributed by atoms with Crippen molar-refractivity contribution in [2.24, 2.45) is 0 Å². The fourth-order valence-electron chi connectivity index (χ4n) is 1.34. The van der Waals surface area contributed by atoms with E-state index in [4.69, 9.17) is 0 Å². The van der Waals surface area contributed by atoms with Gasteiger partial charge in [-0.25, -0.2) is 9.97 Å². The highest BCUT2D eigenvalue weighted by Crippen LogP contribution is 2.24. The molecule has 2 heterocycles. The Labute approximate surface area is 112 Å². The zero-order valence-corrected chi connectivity index (χ0v) is 12.0. The first kappa shape index (κ1) is 11.8. The Kier molecular flexibility index (Phi) is 3.75. The highest BCUT2D eigenvalue weighted by molar-refractivity contribution is 14.1. The van der Waals surface area contributed by atoms with E-state index in [2.05, 4.69) is 63.9 Å². The van der Waals surface area contributed by atoms with Crippen molar-refractivity contribution in [3.8, 4) is 0 Å². The standard InChI is InChI=1S/C11H12IN3S/c1-7-3-4-10(16-7)8(2)15-11-13-5-9(12)6-14-11/h3-6,8H,1-2H3,(H,13,14,15). The number of hydrogen-bond acceptors (Lipinski definition) is 4. The molecule has 3 nitrogen and oxygen atoms in total. The molecule has 0 saturated carbocycles. The summed E-state index contributed by atoms with van der Waals surface area (Å²) < 4.78 is 1.04. The molecule has 0 radical (unpaired) electrons. The van der Waals surface area contributed by atoms with Crippen molar-refractivity contribution >= 4 is 39.9 Å². The zero-order valence-electron chi connectivity index (χ0n) is 9.07. The van der Waals surface area contributed by atoms with Crippen molar-refractivity contribution in [3.63, 3.8) is 0 Å². The molecule has 0 aliphatic heterocycles. The molecule has 0 aliphatic carbocycles. The molecule has 1 N–H and O–H groups in total. The summed E-state index contributed by atoms with van der Waals surface area (Å²) in [5.41, 5.74) is 0. The van der Waals surface area contributed by atoms with Gasteiger partial charge < -0.3 is 5.32 Å². The van der Waals surface area contributed by atoms with Gasteiger partial charge in [0.25, 0.3) is 0 Å².